The molecule has 2 aromatic heterocycles. The predicted octanol–water partition coefficient (Wildman–Crippen LogP) is 2.13. The van der Waals surface area contributed by atoms with Gasteiger partial charge in [0.1, 0.15) is 0 Å². The Morgan fingerprint density at radius 3 is 2.94 bits per heavy atom. The van der Waals surface area contributed by atoms with E-state index in [1.165, 1.54) is 0 Å². The van der Waals surface area contributed by atoms with Crippen LogP contribution in [0.25, 0.3) is 0 Å². The molecule has 7 heteroatoms. The number of ether oxygens (including phenoxy) is 1. The second-order valence-corrected chi connectivity index (χ2v) is 5.14. The minimum atomic E-state index is -0.198. The molecule has 0 aliphatic rings. The lowest BCUT2D eigenvalue weighted by Crippen LogP contribution is -2.13. The molecule has 0 aliphatic heterocycles. The molecule has 2 rings (SSSR count). The van der Waals surface area contributed by atoms with Crippen molar-refractivity contribution in [1.82, 2.24) is 15.2 Å². The second-order valence-electron chi connectivity index (χ2n) is 3.68. The molecule has 2 N–H and O–H groups in total. The fourth-order valence-electron chi connectivity index (χ4n) is 1.53. The summed E-state index contributed by atoms with van der Waals surface area (Å²) in [7, 11) is 0. The SMILES string of the molecule is CCOc1n[nH]c(NC(=O)c2cc(C)sc2C)n1. The van der Waals surface area contributed by atoms with Gasteiger partial charge in [-0.05, 0) is 26.8 Å². The van der Waals surface area contributed by atoms with Crippen LogP contribution in [0.4, 0.5) is 5.95 Å². The minimum Gasteiger partial charge on any atom is -0.463 e. The Hall–Kier alpha value is -1.89. The molecule has 1 amide bonds. The van der Waals surface area contributed by atoms with Gasteiger partial charge in [-0.15, -0.1) is 16.4 Å². The minimum absolute atomic E-state index is 0.198. The third kappa shape index (κ3) is 2.67. The fraction of sp³-hybridized carbons (Fsp3) is 0.364. The van der Waals surface area contributed by atoms with Gasteiger partial charge in [-0.2, -0.15) is 4.98 Å². The van der Waals surface area contributed by atoms with E-state index in [4.69, 9.17) is 4.74 Å². The first-order valence-electron chi connectivity index (χ1n) is 5.53. The Labute approximate surface area is 108 Å². The molecule has 2 aromatic rings. The summed E-state index contributed by atoms with van der Waals surface area (Å²) < 4.78 is 5.10. The number of anilines is 1. The average molecular weight is 266 g/mol. The normalized spacial score (nSPS) is 10.4. The van der Waals surface area contributed by atoms with E-state index in [1.54, 1.807) is 11.3 Å². The molecular formula is C11H14N4O2S. The van der Waals surface area contributed by atoms with Crippen LogP contribution in [-0.4, -0.2) is 27.7 Å². The summed E-state index contributed by atoms with van der Waals surface area (Å²) in [5, 5.41) is 9.06. The maximum atomic E-state index is 12.0. The van der Waals surface area contributed by atoms with E-state index < -0.39 is 0 Å². The van der Waals surface area contributed by atoms with Gasteiger partial charge in [-0.25, -0.2) is 5.10 Å². The number of amides is 1. The number of hydrogen-bond donors (Lipinski definition) is 2. The average Bonchev–Trinajstić information content (AvgIpc) is 2.86. The Morgan fingerprint density at radius 1 is 1.56 bits per heavy atom. The first-order valence-corrected chi connectivity index (χ1v) is 6.35. The number of thiophene rings is 1. The summed E-state index contributed by atoms with van der Waals surface area (Å²) in [5.74, 6) is 0.0859. The number of nitrogens with one attached hydrogen (secondary N) is 2. The molecule has 0 unspecified atom stereocenters. The molecule has 0 bridgehead atoms. The van der Waals surface area contributed by atoms with E-state index in [1.807, 2.05) is 26.8 Å². The van der Waals surface area contributed by atoms with Crippen molar-refractivity contribution in [3.05, 3.63) is 21.4 Å². The van der Waals surface area contributed by atoms with Gasteiger partial charge >= 0.3 is 6.01 Å². The van der Waals surface area contributed by atoms with Crippen LogP contribution < -0.4 is 10.1 Å². The van der Waals surface area contributed by atoms with Crippen molar-refractivity contribution in [3.63, 3.8) is 0 Å². The van der Waals surface area contributed by atoms with Crippen LogP contribution in [-0.2, 0) is 0 Å². The second kappa shape index (κ2) is 5.18. The summed E-state index contributed by atoms with van der Waals surface area (Å²) >= 11 is 1.59. The number of hydrogen-bond acceptors (Lipinski definition) is 5. The van der Waals surface area contributed by atoms with Gasteiger partial charge in [0.25, 0.3) is 5.91 Å². The maximum Gasteiger partial charge on any atom is 0.337 e. The Balaban J connectivity index is 2.08. The van der Waals surface area contributed by atoms with Crippen LogP contribution in [0, 0.1) is 13.8 Å². The lowest BCUT2D eigenvalue weighted by molar-refractivity contribution is 0.102. The lowest BCUT2D eigenvalue weighted by Gasteiger charge is -1.99. The highest BCUT2D eigenvalue weighted by Crippen LogP contribution is 2.21. The highest BCUT2D eigenvalue weighted by molar-refractivity contribution is 7.12. The third-order valence-electron chi connectivity index (χ3n) is 2.26. The topological polar surface area (TPSA) is 79.9 Å². The summed E-state index contributed by atoms with van der Waals surface area (Å²) in [6, 6.07) is 2.08. The molecule has 0 aromatic carbocycles. The standard InChI is InChI=1S/C11H14N4O2S/c1-4-17-11-13-10(14-15-11)12-9(16)8-5-6(2)18-7(8)3/h5H,4H2,1-3H3,(H2,12,13,14,15,16). The Morgan fingerprint density at radius 2 is 2.33 bits per heavy atom. The first-order chi connectivity index (χ1) is 8.60. The Kier molecular flexibility index (Phi) is 3.61. The van der Waals surface area contributed by atoms with Crippen molar-refractivity contribution in [2.75, 3.05) is 11.9 Å². The molecule has 0 spiro atoms. The molecule has 0 saturated heterocycles. The highest BCUT2D eigenvalue weighted by Gasteiger charge is 2.14. The monoisotopic (exact) mass is 266 g/mol. The maximum absolute atomic E-state index is 12.0. The predicted molar refractivity (Wildman–Crippen MR) is 69.3 cm³/mol. The van der Waals surface area contributed by atoms with Gasteiger partial charge in [-0.1, -0.05) is 0 Å². The van der Waals surface area contributed by atoms with Gasteiger partial charge in [0.2, 0.25) is 5.95 Å². The molecular weight excluding hydrogens is 252 g/mol. The Bertz CT molecular complexity index is 561. The first kappa shape index (κ1) is 12.6. The van der Waals surface area contributed by atoms with Crippen molar-refractivity contribution in [1.29, 1.82) is 0 Å². The number of rotatable bonds is 4. The van der Waals surface area contributed by atoms with E-state index in [2.05, 4.69) is 20.5 Å². The largest absolute Gasteiger partial charge is 0.463 e. The number of carbonyl (C=O) groups excluding carboxylic acids is 1. The number of H-pyrrole nitrogens is 1. The van der Waals surface area contributed by atoms with Gasteiger partial charge < -0.3 is 4.74 Å². The number of aryl methyl sites for hydroxylation is 2. The van der Waals surface area contributed by atoms with Gasteiger partial charge in [-0.3, -0.25) is 10.1 Å². The zero-order chi connectivity index (χ0) is 13.1. The van der Waals surface area contributed by atoms with Crippen molar-refractivity contribution >= 4 is 23.2 Å². The van der Waals surface area contributed by atoms with Crippen molar-refractivity contribution < 1.29 is 9.53 Å². The van der Waals surface area contributed by atoms with Crippen LogP contribution in [0.2, 0.25) is 0 Å². The molecule has 0 fully saturated rings. The highest BCUT2D eigenvalue weighted by atomic mass is 32.1. The molecule has 96 valence electrons. The third-order valence-corrected chi connectivity index (χ3v) is 3.22. The van der Waals surface area contributed by atoms with Crippen LogP contribution in [0.15, 0.2) is 6.07 Å². The van der Waals surface area contributed by atoms with E-state index in [0.29, 0.717) is 12.2 Å². The molecule has 0 aliphatic carbocycles. The van der Waals surface area contributed by atoms with Gasteiger partial charge in [0, 0.05) is 9.75 Å². The van der Waals surface area contributed by atoms with Gasteiger partial charge in [0.05, 0.1) is 12.2 Å². The molecule has 18 heavy (non-hydrogen) atoms. The summed E-state index contributed by atoms with van der Waals surface area (Å²) in [4.78, 5) is 18.0. The van der Waals surface area contributed by atoms with Crippen molar-refractivity contribution in [2.24, 2.45) is 0 Å². The van der Waals surface area contributed by atoms with Crippen LogP contribution in [0.1, 0.15) is 27.0 Å². The summed E-state index contributed by atoms with van der Waals surface area (Å²) in [6.45, 7) is 6.20. The summed E-state index contributed by atoms with van der Waals surface area (Å²) in [6.07, 6.45) is 0. The van der Waals surface area contributed by atoms with E-state index in [0.717, 1.165) is 9.75 Å². The smallest absolute Gasteiger partial charge is 0.337 e. The summed E-state index contributed by atoms with van der Waals surface area (Å²) in [5.41, 5.74) is 0.659. The number of aromatic amines is 1. The van der Waals surface area contributed by atoms with E-state index in [9.17, 15) is 4.79 Å². The molecule has 2 heterocycles. The van der Waals surface area contributed by atoms with Crippen LogP contribution in [0.5, 0.6) is 6.01 Å². The zero-order valence-electron chi connectivity index (χ0n) is 10.4. The van der Waals surface area contributed by atoms with Crippen molar-refractivity contribution in [3.8, 4) is 6.01 Å². The molecule has 0 atom stereocenters. The molecule has 6 nitrogen and oxygen atoms in total. The van der Waals surface area contributed by atoms with Crippen LogP contribution >= 0.6 is 11.3 Å². The lowest BCUT2D eigenvalue weighted by atomic mass is 10.2. The van der Waals surface area contributed by atoms with E-state index >= 15 is 0 Å². The number of aromatic nitrogens is 3. The van der Waals surface area contributed by atoms with Gasteiger partial charge in [0.15, 0.2) is 0 Å². The number of nitrogens with zero attached hydrogens (tertiary/aromatic N) is 2. The fourth-order valence-corrected chi connectivity index (χ4v) is 2.45. The van der Waals surface area contributed by atoms with Crippen LogP contribution in [0.3, 0.4) is 0 Å². The quantitative estimate of drug-likeness (QED) is 0.888. The molecule has 0 saturated carbocycles. The van der Waals surface area contributed by atoms with E-state index in [-0.39, 0.29) is 17.9 Å². The van der Waals surface area contributed by atoms with Crippen molar-refractivity contribution in [2.45, 2.75) is 20.8 Å². The molecule has 0 radical (unpaired) electrons. The zero-order valence-corrected chi connectivity index (χ0v) is 11.2. The number of carbonyl (C=O) groups is 1.